The summed E-state index contributed by atoms with van der Waals surface area (Å²) < 4.78 is 0. The van der Waals surface area contributed by atoms with Crippen LogP contribution in [0.2, 0.25) is 0 Å². The number of carboxylic acid groups (broad SMARTS) is 2. The first-order valence-electron chi connectivity index (χ1n) is 9.54. The van der Waals surface area contributed by atoms with Gasteiger partial charge in [0, 0.05) is 0 Å². The molecule has 3 amide bonds. The quantitative estimate of drug-likeness (QED) is 0.197. The van der Waals surface area contributed by atoms with Crippen molar-refractivity contribution in [1.82, 2.24) is 16.0 Å². The van der Waals surface area contributed by atoms with Gasteiger partial charge in [-0.15, -0.1) is 0 Å². The maximum absolute atomic E-state index is 12.6. The van der Waals surface area contributed by atoms with E-state index < -0.39 is 60.2 Å². The Bertz CT molecular complexity index is 632. The zero-order chi connectivity index (χ0) is 23.4. The van der Waals surface area contributed by atoms with Crippen molar-refractivity contribution in [1.29, 1.82) is 0 Å². The third kappa shape index (κ3) is 9.92. The first-order valence-corrected chi connectivity index (χ1v) is 10.9. The summed E-state index contributed by atoms with van der Waals surface area (Å²) in [6.07, 6.45) is 1.97. The van der Waals surface area contributed by atoms with Gasteiger partial charge in [-0.05, 0) is 31.3 Å². The molecule has 7 N–H and O–H groups in total. The number of rotatable bonds is 14. The largest absolute Gasteiger partial charge is 0.481 e. The molecule has 0 fully saturated rings. The van der Waals surface area contributed by atoms with Gasteiger partial charge >= 0.3 is 11.9 Å². The number of hydrogen-bond acceptors (Lipinski definition) is 7. The molecule has 0 aromatic carbocycles. The zero-order valence-corrected chi connectivity index (χ0v) is 18.5. The Morgan fingerprint density at radius 1 is 0.967 bits per heavy atom. The van der Waals surface area contributed by atoms with Crippen molar-refractivity contribution in [2.75, 3.05) is 12.0 Å². The molecular formula is C18H32N4O7S. The zero-order valence-electron chi connectivity index (χ0n) is 17.6. The second-order valence-corrected chi connectivity index (χ2v) is 7.97. The molecule has 0 saturated heterocycles. The van der Waals surface area contributed by atoms with Crippen LogP contribution in [0.5, 0.6) is 0 Å². The van der Waals surface area contributed by atoms with Gasteiger partial charge in [0.1, 0.15) is 18.1 Å². The predicted molar refractivity (Wildman–Crippen MR) is 112 cm³/mol. The van der Waals surface area contributed by atoms with E-state index in [2.05, 4.69) is 16.0 Å². The van der Waals surface area contributed by atoms with Gasteiger partial charge in [0.2, 0.25) is 17.7 Å². The summed E-state index contributed by atoms with van der Waals surface area (Å²) in [7, 11) is 0. The Kier molecular flexibility index (Phi) is 12.7. The Hall–Kier alpha value is -2.34. The molecule has 0 aliphatic heterocycles. The lowest BCUT2D eigenvalue weighted by atomic mass is 9.97. The lowest BCUT2D eigenvalue weighted by Crippen LogP contribution is -2.58. The normalized spacial score (nSPS) is 15.8. The second kappa shape index (κ2) is 13.8. The molecule has 0 radical (unpaired) electrons. The number of hydrogen-bond donors (Lipinski definition) is 6. The van der Waals surface area contributed by atoms with Crippen LogP contribution < -0.4 is 21.7 Å². The standard InChI is InChI=1S/C18H32N4O7S/c1-5-9(2)14(22-16(26)11(19)8-13(23)24)17(27)20-10(3)15(25)21-12(18(28)29)6-7-30-4/h9-12,14H,5-8,19H2,1-4H3,(H,20,27)(H,21,25)(H,22,26)(H,23,24)(H,28,29). The highest BCUT2D eigenvalue weighted by atomic mass is 32.2. The van der Waals surface area contributed by atoms with Gasteiger partial charge in [-0.2, -0.15) is 11.8 Å². The lowest BCUT2D eigenvalue weighted by molar-refractivity contribution is -0.142. The molecule has 11 nitrogen and oxygen atoms in total. The van der Waals surface area contributed by atoms with E-state index in [1.165, 1.54) is 18.7 Å². The fraction of sp³-hybridized carbons (Fsp3) is 0.722. The topological polar surface area (TPSA) is 188 Å². The Labute approximate surface area is 179 Å². The summed E-state index contributed by atoms with van der Waals surface area (Å²) in [5, 5.41) is 25.2. The van der Waals surface area contributed by atoms with E-state index in [-0.39, 0.29) is 12.3 Å². The molecular weight excluding hydrogens is 416 g/mol. The maximum atomic E-state index is 12.6. The van der Waals surface area contributed by atoms with Gasteiger partial charge in [0.05, 0.1) is 12.5 Å². The number of carbonyl (C=O) groups excluding carboxylic acids is 3. The van der Waals surface area contributed by atoms with Crippen molar-refractivity contribution in [3.8, 4) is 0 Å². The van der Waals surface area contributed by atoms with Crippen LogP contribution in [-0.2, 0) is 24.0 Å². The Morgan fingerprint density at radius 3 is 2.03 bits per heavy atom. The molecule has 0 bridgehead atoms. The molecule has 0 spiro atoms. The van der Waals surface area contributed by atoms with Crippen LogP contribution in [0.25, 0.3) is 0 Å². The highest BCUT2D eigenvalue weighted by Crippen LogP contribution is 2.09. The van der Waals surface area contributed by atoms with Crippen molar-refractivity contribution in [3.05, 3.63) is 0 Å². The molecule has 172 valence electrons. The van der Waals surface area contributed by atoms with Gasteiger partial charge in [-0.1, -0.05) is 20.3 Å². The lowest BCUT2D eigenvalue weighted by Gasteiger charge is -2.26. The monoisotopic (exact) mass is 448 g/mol. The van der Waals surface area contributed by atoms with Crippen LogP contribution in [0, 0.1) is 5.92 Å². The molecule has 0 aliphatic carbocycles. The number of carbonyl (C=O) groups is 5. The number of nitrogens with two attached hydrogens (primary N) is 1. The summed E-state index contributed by atoms with van der Waals surface area (Å²) in [5.74, 6) is -4.33. The van der Waals surface area contributed by atoms with E-state index in [1.807, 2.05) is 6.26 Å². The van der Waals surface area contributed by atoms with E-state index in [0.717, 1.165) is 0 Å². The highest BCUT2D eigenvalue weighted by molar-refractivity contribution is 7.98. The Morgan fingerprint density at radius 2 is 1.57 bits per heavy atom. The summed E-state index contributed by atoms with van der Waals surface area (Å²) in [5.41, 5.74) is 5.53. The molecule has 0 aliphatic rings. The average Bonchev–Trinajstić information content (AvgIpc) is 2.67. The van der Waals surface area contributed by atoms with Crippen molar-refractivity contribution in [2.24, 2.45) is 11.7 Å². The Balaban J connectivity index is 5.08. The van der Waals surface area contributed by atoms with E-state index in [4.69, 9.17) is 10.8 Å². The van der Waals surface area contributed by atoms with E-state index in [0.29, 0.717) is 12.2 Å². The fourth-order valence-corrected chi connectivity index (χ4v) is 2.87. The van der Waals surface area contributed by atoms with Crippen molar-refractivity contribution >= 4 is 41.4 Å². The minimum atomic E-state index is -1.32. The van der Waals surface area contributed by atoms with Gasteiger partial charge in [-0.3, -0.25) is 19.2 Å². The van der Waals surface area contributed by atoms with Gasteiger partial charge in [0.15, 0.2) is 0 Å². The molecule has 0 aromatic rings. The van der Waals surface area contributed by atoms with Crippen LogP contribution in [-0.4, -0.2) is 76.0 Å². The van der Waals surface area contributed by atoms with Crippen LogP contribution in [0.3, 0.4) is 0 Å². The summed E-state index contributed by atoms with van der Waals surface area (Å²) in [6, 6.07) is -4.49. The van der Waals surface area contributed by atoms with Crippen LogP contribution >= 0.6 is 11.8 Å². The van der Waals surface area contributed by atoms with Crippen LogP contribution in [0.15, 0.2) is 0 Å². The summed E-state index contributed by atoms with van der Waals surface area (Å²) in [4.78, 5) is 59.1. The van der Waals surface area contributed by atoms with E-state index in [9.17, 15) is 29.1 Å². The smallest absolute Gasteiger partial charge is 0.326 e. The molecule has 5 unspecified atom stereocenters. The van der Waals surface area contributed by atoms with E-state index in [1.54, 1.807) is 13.8 Å². The first kappa shape index (κ1) is 27.7. The molecule has 30 heavy (non-hydrogen) atoms. The SMILES string of the molecule is CCC(C)C(NC(=O)C(N)CC(=O)O)C(=O)NC(C)C(=O)NC(CCSC)C(=O)O. The number of carboxylic acids is 2. The number of nitrogens with one attached hydrogen (secondary N) is 3. The van der Waals surface area contributed by atoms with Crippen LogP contribution in [0.1, 0.15) is 40.0 Å². The molecule has 12 heteroatoms. The average molecular weight is 449 g/mol. The number of aliphatic carboxylic acids is 2. The number of amides is 3. The summed E-state index contributed by atoms with van der Waals surface area (Å²) in [6.45, 7) is 4.90. The molecule has 0 aromatic heterocycles. The summed E-state index contributed by atoms with van der Waals surface area (Å²) >= 11 is 1.44. The van der Waals surface area contributed by atoms with Gasteiger partial charge in [-0.25, -0.2) is 4.79 Å². The minimum absolute atomic E-state index is 0.232. The minimum Gasteiger partial charge on any atom is -0.481 e. The predicted octanol–water partition coefficient (Wildman–Crippen LogP) is -0.853. The highest BCUT2D eigenvalue weighted by Gasteiger charge is 2.31. The maximum Gasteiger partial charge on any atom is 0.326 e. The van der Waals surface area contributed by atoms with Crippen LogP contribution in [0.4, 0.5) is 0 Å². The fourth-order valence-electron chi connectivity index (χ4n) is 2.40. The third-order valence-corrected chi connectivity index (χ3v) is 5.15. The molecule has 5 atom stereocenters. The molecule has 0 heterocycles. The number of thioether (sulfide) groups is 1. The van der Waals surface area contributed by atoms with Crippen molar-refractivity contribution < 1.29 is 34.2 Å². The first-order chi connectivity index (χ1) is 13.9. The van der Waals surface area contributed by atoms with Crippen molar-refractivity contribution in [2.45, 2.75) is 64.2 Å². The van der Waals surface area contributed by atoms with E-state index >= 15 is 0 Å². The van der Waals surface area contributed by atoms with Crippen molar-refractivity contribution in [3.63, 3.8) is 0 Å². The molecule has 0 saturated carbocycles. The molecule has 0 rings (SSSR count). The second-order valence-electron chi connectivity index (χ2n) is 6.99. The van der Waals surface area contributed by atoms with Gasteiger partial charge in [0.25, 0.3) is 0 Å². The van der Waals surface area contributed by atoms with Gasteiger partial charge < -0.3 is 31.9 Å². The third-order valence-electron chi connectivity index (χ3n) is 4.50.